The molecule has 2 aromatic rings. The van der Waals surface area contributed by atoms with Crippen molar-refractivity contribution in [1.29, 1.82) is 0 Å². The van der Waals surface area contributed by atoms with E-state index < -0.39 is 11.7 Å². The van der Waals surface area contributed by atoms with Gasteiger partial charge >= 0.3 is 6.18 Å². The molecule has 0 bridgehead atoms. The third-order valence-corrected chi connectivity index (χ3v) is 5.32. The minimum atomic E-state index is -4.33. The Balaban J connectivity index is 1.85. The molecule has 0 atom stereocenters. The summed E-state index contributed by atoms with van der Waals surface area (Å²) in [6, 6.07) is 15.2. The third kappa shape index (κ3) is 7.02. The highest BCUT2D eigenvalue weighted by Gasteiger charge is 2.30. The molecule has 2 N–H and O–H groups in total. The van der Waals surface area contributed by atoms with Crippen LogP contribution in [0.3, 0.4) is 0 Å². The van der Waals surface area contributed by atoms with Crippen LogP contribution in [0.5, 0.6) is 0 Å². The van der Waals surface area contributed by atoms with Crippen LogP contribution in [0.25, 0.3) is 0 Å². The van der Waals surface area contributed by atoms with Gasteiger partial charge in [-0.1, -0.05) is 51.1 Å². The van der Waals surface area contributed by atoms with Crippen LogP contribution in [0, 0.1) is 5.92 Å². The lowest BCUT2D eigenvalue weighted by Gasteiger charge is -2.36. The number of anilines is 1. The highest BCUT2D eigenvalue weighted by atomic mass is 19.4. The second-order valence-corrected chi connectivity index (χ2v) is 8.50. The van der Waals surface area contributed by atoms with Crippen molar-refractivity contribution in [3.8, 4) is 0 Å². The number of hydrogen-bond donors (Lipinski definition) is 2. The fourth-order valence-corrected chi connectivity index (χ4v) is 3.78. The Morgan fingerprint density at radius 3 is 2.39 bits per heavy atom. The summed E-state index contributed by atoms with van der Waals surface area (Å²) in [6.45, 7) is 8.67. The second kappa shape index (κ2) is 11.3. The maximum atomic E-state index is 12.9. The van der Waals surface area contributed by atoms with Gasteiger partial charge in [0.1, 0.15) is 6.73 Å². The van der Waals surface area contributed by atoms with Crippen LogP contribution in [-0.2, 0) is 17.5 Å². The number of ether oxygens (including phenoxy) is 1. The number of nitrogens with one attached hydrogen (secondary N) is 2. The Labute approximate surface area is 194 Å². The molecule has 0 aliphatic carbocycles. The van der Waals surface area contributed by atoms with E-state index >= 15 is 0 Å². The van der Waals surface area contributed by atoms with Crippen molar-refractivity contribution in [2.24, 2.45) is 5.92 Å². The number of allylic oxidation sites excluding steroid dienone is 1. The van der Waals surface area contributed by atoms with E-state index in [0.717, 1.165) is 53.3 Å². The summed E-state index contributed by atoms with van der Waals surface area (Å²) in [6.07, 6.45) is -1.59. The van der Waals surface area contributed by atoms with Gasteiger partial charge in [-0.05, 0) is 42.2 Å². The molecule has 1 aliphatic heterocycles. The number of nitrogens with zero attached hydrogens (tertiary/aromatic N) is 1. The predicted octanol–water partition coefficient (Wildman–Crippen LogP) is 6.36. The minimum Gasteiger partial charge on any atom is -0.383 e. The largest absolute Gasteiger partial charge is 0.416 e. The molecule has 0 amide bonds. The topological polar surface area (TPSA) is 36.5 Å². The molecule has 33 heavy (non-hydrogen) atoms. The van der Waals surface area contributed by atoms with Gasteiger partial charge in [-0.15, -0.1) is 0 Å². The summed E-state index contributed by atoms with van der Waals surface area (Å²) in [7, 11) is 0. The fraction of sp³-hybridized carbons (Fsp3) is 0.385. The maximum Gasteiger partial charge on any atom is 0.416 e. The average molecular weight is 460 g/mol. The monoisotopic (exact) mass is 459 g/mol. The number of halogens is 3. The summed E-state index contributed by atoms with van der Waals surface area (Å²) in [5.41, 5.74) is 4.31. The van der Waals surface area contributed by atoms with E-state index in [-0.39, 0.29) is 0 Å². The Hall–Kier alpha value is -2.93. The van der Waals surface area contributed by atoms with Gasteiger partial charge in [-0.3, -0.25) is 0 Å². The summed E-state index contributed by atoms with van der Waals surface area (Å²) >= 11 is 0. The Kier molecular flexibility index (Phi) is 8.44. The van der Waals surface area contributed by atoms with Crippen molar-refractivity contribution >= 4 is 5.69 Å². The lowest BCUT2D eigenvalue weighted by Crippen LogP contribution is -2.38. The first-order valence-electron chi connectivity index (χ1n) is 11.2. The fourth-order valence-electron chi connectivity index (χ4n) is 3.78. The van der Waals surface area contributed by atoms with Gasteiger partial charge in [0, 0.05) is 36.2 Å². The SMILES string of the molecule is CCC(NCc1ccc(C(F)(F)F)cc1)=C1/C(=C/Nc2ccccc2)COCN1CC(C)C. The zero-order valence-electron chi connectivity index (χ0n) is 19.4. The van der Waals surface area contributed by atoms with Crippen molar-refractivity contribution in [3.05, 3.63) is 88.9 Å². The molecule has 4 nitrogen and oxygen atoms in total. The van der Waals surface area contributed by atoms with Crippen LogP contribution in [0.15, 0.2) is 77.8 Å². The highest BCUT2D eigenvalue weighted by molar-refractivity contribution is 5.48. The van der Waals surface area contributed by atoms with Crippen LogP contribution in [0.2, 0.25) is 0 Å². The van der Waals surface area contributed by atoms with E-state index in [1.54, 1.807) is 0 Å². The maximum absolute atomic E-state index is 12.9. The average Bonchev–Trinajstić information content (AvgIpc) is 2.79. The Bertz CT molecular complexity index is 951. The minimum absolute atomic E-state index is 0.443. The van der Waals surface area contributed by atoms with Gasteiger partial charge in [0.2, 0.25) is 0 Å². The van der Waals surface area contributed by atoms with Gasteiger partial charge < -0.3 is 20.3 Å². The van der Waals surface area contributed by atoms with E-state index in [9.17, 15) is 13.2 Å². The van der Waals surface area contributed by atoms with Gasteiger partial charge in [0.15, 0.2) is 0 Å². The predicted molar refractivity (Wildman–Crippen MR) is 126 cm³/mol. The Morgan fingerprint density at radius 2 is 1.79 bits per heavy atom. The third-order valence-electron chi connectivity index (χ3n) is 5.32. The number of para-hydroxylation sites is 1. The van der Waals surface area contributed by atoms with Gasteiger partial charge in [0.05, 0.1) is 17.9 Å². The quantitative estimate of drug-likeness (QED) is 0.482. The van der Waals surface area contributed by atoms with Crippen molar-refractivity contribution in [3.63, 3.8) is 0 Å². The zero-order valence-corrected chi connectivity index (χ0v) is 19.4. The number of hydrogen-bond acceptors (Lipinski definition) is 4. The molecule has 178 valence electrons. The van der Waals surface area contributed by atoms with Crippen LogP contribution in [-0.4, -0.2) is 24.8 Å². The zero-order chi connectivity index (χ0) is 23.8. The number of alkyl halides is 3. The molecule has 0 radical (unpaired) electrons. The lowest BCUT2D eigenvalue weighted by atomic mass is 10.1. The lowest BCUT2D eigenvalue weighted by molar-refractivity contribution is -0.137. The van der Waals surface area contributed by atoms with Crippen LogP contribution < -0.4 is 10.6 Å². The molecule has 7 heteroatoms. The number of rotatable bonds is 8. The van der Waals surface area contributed by atoms with Crippen LogP contribution in [0.4, 0.5) is 18.9 Å². The molecular weight excluding hydrogens is 427 g/mol. The van der Waals surface area contributed by atoms with Crippen molar-refractivity contribution in [2.45, 2.75) is 39.9 Å². The standard InChI is InChI=1S/C26H32F3N3O/c1-4-24(31-14-20-10-12-22(13-11-20)26(27,28)29)25-21(15-30-23-8-6-5-7-9-23)17-33-18-32(25)16-19(2)3/h5-13,15,19,30-31H,4,14,16-18H2,1-3H3/b21-15+,25-24?. The van der Waals surface area contributed by atoms with Gasteiger partial charge in [0.25, 0.3) is 0 Å². The molecular formula is C26H32F3N3O. The van der Waals surface area contributed by atoms with E-state index in [1.807, 2.05) is 36.5 Å². The summed E-state index contributed by atoms with van der Waals surface area (Å²) in [5.74, 6) is 0.443. The Morgan fingerprint density at radius 1 is 1.09 bits per heavy atom. The second-order valence-electron chi connectivity index (χ2n) is 8.50. The molecule has 1 saturated heterocycles. The molecule has 0 saturated carbocycles. The summed E-state index contributed by atoms with van der Waals surface area (Å²) in [5, 5.41) is 6.83. The molecule has 2 aromatic carbocycles. The first-order valence-corrected chi connectivity index (χ1v) is 11.2. The van der Waals surface area contributed by atoms with Crippen LogP contribution >= 0.6 is 0 Å². The van der Waals surface area contributed by atoms with Crippen molar-refractivity contribution < 1.29 is 17.9 Å². The van der Waals surface area contributed by atoms with E-state index in [0.29, 0.717) is 25.8 Å². The molecule has 3 rings (SSSR count). The van der Waals surface area contributed by atoms with E-state index in [1.165, 1.54) is 12.1 Å². The van der Waals surface area contributed by atoms with Gasteiger partial charge in [-0.25, -0.2) is 0 Å². The molecule has 0 spiro atoms. The molecule has 1 aliphatic rings. The van der Waals surface area contributed by atoms with E-state index in [4.69, 9.17) is 4.74 Å². The molecule has 0 unspecified atom stereocenters. The van der Waals surface area contributed by atoms with Crippen molar-refractivity contribution in [2.75, 3.05) is 25.2 Å². The van der Waals surface area contributed by atoms with Crippen LogP contribution in [0.1, 0.15) is 38.3 Å². The van der Waals surface area contributed by atoms with E-state index in [2.05, 4.69) is 36.3 Å². The molecule has 1 fully saturated rings. The molecule has 1 heterocycles. The van der Waals surface area contributed by atoms with Gasteiger partial charge in [-0.2, -0.15) is 13.2 Å². The summed E-state index contributed by atoms with van der Waals surface area (Å²) in [4.78, 5) is 2.23. The first-order chi connectivity index (χ1) is 15.8. The smallest absolute Gasteiger partial charge is 0.383 e. The number of benzene rings is 2. The summed E-state index contributed by atoms with van der Waals surface area (Å²) < 4.78 is 44.5. The first kappa shape index (κ1) is 24.7. The normalized spacial score (nSPS) is 17.4. The van der Waals surface area contributed by atoms with Crippen molar-refractivity contribution in [1.82, 2.24) is 10.2 Å². The molecule has 0 aromatic heterocycles. The highest BCUT2D eigenvalue weighted by Crippen LogP contribution is 2.30.